The molecule has 1 rings (SSSR count). The van der Waals surface area contributed by atoms with Gasteiger partial charge in [-0.1, -0.05) is 6.07 Å². The van der Waals surface area contributed by atoms with E-state index >= 15 is 0 Å². The summed E-state index contributed by atoms with van der Waals surface area (Å²) in [6, 6.07) is 2.26. The lowest BCUT2D eigenvalue weighted by Crippen LogP contribution is -1.93. The molecule has 0 saturated carbocycles. The quantitative estimate of drug-likeness (QED) is 0.626. The molecule has 0 aliphatic heterocycles. The van der Waals surface area contributed by atoms with Crippen LogP contribution in [0.25, 0.3) is 0 Å². The van der Waals surface area contributed by atoms with Crippen LogP contribution in [0.3, 0.4) is 0 Å². The van der Waals surface area contributed by atoms with E-state index in [0.717, 1.165) is 0 Å². The number of rotatable bonds is 0. The molecule has 0 nitrogen and oxygen atoms in total. The van der Waals surface area contributed by atoms with Gasteiger partial charge in [0.1, 0.15) is 0 Å². The van der Waals surface area contributed by atoms with E-state index in [1.54, 1.807) is 0 Å². The predicted octanol–water partition coefficient (Wildman–Crippen LogP) is 3.52. The lowest BCUT2D eigenvalue weighted by Gasteiger charge is -2.09. The molecule has 0 aliphatic rings. The fraction of sp³-hybridized carbons (Fsp3) is 0.400. The molecule has 1 heteroatoms. The summed E-state index contributed by atoms with van der Waals surface area (Å²) in [5.74, 6) is 0. The standard InChI is InChI=1S/C10H13I/c1-6-5-7(2)9(4)10(11)8(6)3/h5H,1-4H3. The van der Waals surface area contributed by atoms with Crippen molar-refractivity contribution in [2.45, 2.75) is 27.7 Å². The maximum atomic E-state index is 2.42. The Balaban J connectivity index is 3.46. The molecule has 0 amide bonds. The molecule has 11 heavy (non-hydrogen) atoms. The fourth-order valence-corrected chi connectivity index (χ4v) is 2.02. The van der Waals surface area contributed by atoms with Gasteiger partial charge in [-0.3, -0.25) is 0 Å². The van der Waals surface area contributed by atoms with Gasteiger partial charge >= 0.3 is 0 Å². The molecule has 0 saturated heterocycles. The number of benzene rings is 1. The normalized spacial score (nSPS) is 10.3. The highest BCUT2D eigenvalue weighted by Gasteiger charge is 2.03. The van der Waals surface area contributed by atoms with Crippen LogP contribution in [-0.2, 0) is 0 Å². The predicted molar refractivity (Wildman–Crippen MR) is 58.1 cm³/mol. The molecule has 1 aromatic carbocycles. The maximum absolute atomic E-state index is 2.42. The first kappa shape index (κ1) is 9.04. The number of halogens is 1. The van der Waals surface area contributed by atoms with E-state index in [9.17, 15) is 0 Å². The average Bonchev–Trinajstić information content (AvgIpc) is 1.97. The van der Waals surface area contributed by atoms with E-state index in [4.69, 9.17) is 0 Å². The zero-order chi connectivity index (χ0) is 8.59. The molecular formula is C10H13I. The highest BCUT2D eigenvalue weighted by atomic mass is 127. The van der Waals surface area contributed by atoms with Crippen LogP contribution in [0.4, 0.5) is 0 Å². The van der Waals surface area contributed by atoms with E-state index < -0.39 is 0 Å². The van der Waals surface area contributed by atoms with Gasteiger partial charge < -0.3 is 0 Å². The van der Waals surface area contributed by atoms with Gasteiger partial charge in [-0.2, -0.15) is 0 Å². The molecule has 1 aromatic rings. The molecule has 0 aromatic heterocycles. The summed E-state index contributed by atoms with van der Waals surface area (Å²) in [7, 11) is 0. The summed E-state index contributed by atoms with van der Waals surface area (Å²) in [6.07, 6.45) is 0. The summed E-state index contributed by atoms with van der Waals surface area (Å²) in [4.78, 5) is 0. The van der Waals surface area contributed by atoms with Crippen molar-refractivity contribution in [1.82, 2.24) is 0 Å². The van der Waals surface area contributed by atoms with E-state index in [1.165, 1.54) is 25.8 Å². The highest BCUT2D eigenvalue weighted by molar-refractivity contribution is 14.1. The van der Waals surface area contributed by atoms with E-state index in [-0.39, 0.29) is 0 Å². The first-order valence-corrected chi connectivity index (χ1v) is 4.85. The summed E-state index contributed by atoms with van der Waals surface area (Å²) in [6.45, 7) is 8.71. The summed E-state index contributed by atoms with van der Waals surface area (Å²) in [5, 5.41) is 0. The molecule has 0 unspecified atom stereocenters. The van der Waals surface area contributed by atoms with Gasteiger partial charge in [0.2, 0.25) is 0 Å². The van der Waals surface area contributed by atoms with Crippen LogP contribution < -0.4 is 0 Å². The fourth-order valence-electron chi connectivity index (χ4n) is 1.17. The van der Waals surface area contributed by atoms with Crippen molar-refractivity contribution < 1.29 is 0 Å². The second-order valence-corrected chi connectivity index (χ2v) is 4.15. The minimum atomic E-state index is 1.40. The van der Waals surface area contributed by atoms with Crippen LogP contribution in [0.2, 0.25) is 0 Å². The SMILES string of the molecule is Cc1cc(C)c(C)c(I)c1C. The van der Waals surface area contributed by atoms with E-state index in [0.29, 0.717) is 0 Å². The zero-order valence-corrected chi connectivity index (χ0v) is 9.61. The smallest absolute Gasteiger partial charge is 0.0194 e. The van der Waals surface area contributed by atoms with Crippen LogP contribution in [0.5, 0.6) is 0 Å². The third-order valence-electron chi connectivity index (χ3n) is 2.27. The number of hydrogen-bond donors (Lipinski definition) is 0. The minimum absolute atomic E-state index is 1.40. The molecule has 0 N–H and O–H groups in total. The number of hydrogen-bond acceptors (Lipinski definition) is 0. The van der Waals surface area contributed by atoms with Gasteiger partial charge in [0.25, 0.3) is 0 Å². The number of aryl methyl sites for hydroxylation is 2. The van der Waals surface area contributed by atoms with Crippen molar-refractivity contribution in [2.24, 2.45) is 0 Å². The molecule has 0 heterocycles. The van der Waals surface area contributed by atoms with Gasteiger partial charge in [0.15, 0.2) is 0 Å². The van der Waals surface area contributed by atoms with Crippen molar-refractivity contribution in [3.8, 4) is 0 Å². The molecule has 0 aliphatic carbocycles. The van der Waals surface area contributed by atoms with Gasteiger partial charge in [0, 0.05) is 3.57 Å². The summed E-state index contributed by atoms with van der Waals surface area (Å²) in [5.41, 5.74) is 5.65. The molecule has 0 atom stereocenters. The Hall–Kier alpha value is -0.0500. The Kier molecular flexibility index (Phi) is 2.58. The van der Waals surface area contributed by atoms with Gasteiger partial charge in [-0.25, -0.2) is 0 Å². The van der Waals surface area contributed by atoms with Crippen LogP contribution in [0.15, 0.2) is 6.07 Å². The van der Waals surface area contributed by atoms with Crippen LogP contribution >= 0.6 is 22.6 Å². The van der Waals surface area contributed by atoms with Crippen molar-refractivity contribution in [3.63, 3.8) is 0 Å². The van der Waals surface area contributed by atoms with E-state index in [2.05, 4.69) is 56.4 Å². The van der Waals surface area contributed by atoms with Gasteiger partial charge in [0.05, 0.1) is 0 Å². The van der Waals surface area contributed by atoms with Crippen LogP contribution in [0, 0.1) is 31.3 Å². The molecular weight excluding hydrogens is 247 g/mol. The second kappa shape index (κ2) is 3.13. The summed E-state index contributed by atoms with van der Waals surface area (Å²) < 4.78 is 1.42. The Morgan fingerprint density at radius 2 is 1.27 bits per heavy atom. The average molecular weight is 260 g/mol. The van der Waals surface area contributed by atoms with Crippen molar-refractivity contribution in [3.05, 3.63) is 31.9 Å². The highest BCUT2D eigenvalue weighted by Crippen LogP contribution is 2.22. The lowest BCUT2D eigenvalue weighted by atomic mass is 10.0. The Labute approximate surface area is 82.2 Å². The van der Waals surface area contributed by atoms with Crippen molar-refractivity contribution >= 4 is 22.6 Å². The first-order chi connectivity index (χ1) is 5.04. The Bertz CT molecular complexity index is 261. The van der Waals surface area contributed by atoms with Crippen LogP contribution in [0.1, 0.15) is 22.3 Å². The Morgan fingerprint density at radius 3 is 1.64 bits per heavy atom. The minimum Gasteiger partial charge on any atom is -0.0558 e. The first-order valence-electron chi connectivity index (χ1n) is 3.77. The molecule has 0 fully saturated rings. The van der Waals surface area contributed by atoms with Crippen molar-refractivity contribution in [1.29, 1.82) is 0 Å². The molecule has 0 spiro atoms. The third-order valence-corrected chi connectivity index (χ3v) is 3.89. The third kappa shape index (κ3) is 1.58. The van der Waals surface area contributed by atoms with E-state index in [1.807, 2.05) is 0 Å². The zero-order valence-electron chi connectivity index (χ0n) is 7.46. The molecule has 0 bridgehead atoms. The summed E-state index contributed by atoms with van der Waals surface area (Å²) >= 11 is 2.42. The topological polar surface area (TPSA) is 0 Å². The molecule has 0 radical (unpaired) electrons. The lowest BCUT2D eigenvalue weighted by molar-refractivity contribution is 1.21. The van der Waals surface area contributed by atoms with Gasteiger partial charge in [-0.15, -0.1) is 0 Å². The van der Waals surface area contributed by atoms with Crippen molar-refractivity contribution in [2.75, 3.05) is 0 Å². The monoisotopic (exact) mass is 260 g/mol. The molecule has 60 valence electrons. The van der Waals surface area contributed by atoms with Gasteiger partial charge in [-0.05, 0) is 72.5 Å². The maximum Gasteiger partial charge on any atom is 0.0194 e. The largest absolute Gasteiger partial charge is 0.0558 e. The second-order valence-electron chi connectivity index (χ2n) is 3.07. The Morgan fingerprint density at radius 1 is 0.909 bits per heavy atom. The van der Waals surface area contributed by atoms with Crippen LogP contribution in [-0.4, -0.2) is 0 Å².